The van der Waals surface area contributed by atoms with Crippen LogP contribution in [0.25, 0.3) is 16.7 Å². The van der Waals surface area contributed by atoms with Crippen LogP contribution >= 0.6 is 50.1 Å². The zero-order chi connectivity index (χ0) is 13.6. The minimum Gasteiger partial charge on any atom is -0.369 e. The van der Waals surface area contributed by atoms with Gasteiger partial charge in [0.2, 0.25) is 5.95 Å². The third kappa shape index (κ3) is 2.34. The van der Waals surface area contributed by atoms with Gasteiger partial charge in [-0.2, -0.15) is 0 Å². The van der Waals surface area contributed by atoms with Gasteiger partial charge in [0.15, 0.2) is 0 Å². The smallest absolute Gasteiger partial charge is 0.205 e. The average Bonchev–Trinajstić information content (AvgIpc) is 2.65. The monoisotopic (exact) mass is 447 g/mol. The first kappa shape index (κ1) is 13.2. The SMILES string of the molecule is Nc1nc2cc(Br)ccc2n1-c1ccc(Cl)cc1I. The van der Waals surface area contributed by atoms with Crippen LogP contribution in [-0.2, 0) is 0 Å². The Hall–Kier alpha value is -0.790. The van der Waals surface area contributed by atoms with Gasteiger partial charge in [0.25, 0.3) is 0 Å². The van der Waals surface area contributed by atoms with E-state index < -0.39 is 0 Å². The molecule has 6 heteroatoms. The zero-order valence-corrected chi connectivity index (χ0v) is 14.1. The van der Waals surface area contributed by atoms with Crippen molar-refractivity contribution in [2.45, 2.75) is 0 Å². The second-order valence-corrected chi connectivity index (χ2v) is 6.55. The molecule has 0 atom stereocenters. The summed E-state index contributed by atoms with van der Waals surface area (Å²) in [6.45, 7) is 0. The predicted molar refractivity (Wildman–Crippen MR) is 90.9 cm³/mol. The second kappa shape index (κ2) is 4.96. The van der Waals surface area contributed by atoms with Crippen LogP contribution in [0.3, 0.4) is 0 Å². The van der Waals surface area contributed by atoms with Gasteiger partial charge in [-0.1, -0.05) is 27.5 Å². The second-order valence-electron chi connectivity index (χ2n) is 4.03. The van der Waals surface area contributed by atoms with Crippen LogP contribution in [-0.4, -0.2) is 9.55 Å². The summed E-state index contributed by atoms with van der Waals surface area (Å²) in [5.74, 6) is 0.466. The van der Waals surface area contributed by atoms with E-state index in [4.69, 9.17) is 17.3 Å². The van der Waals surface area contributed by atoms with Gasteiger partial charge in [-0.05, 0) is 59.0 Å². The van der Waals surface area contributed by atoms with Crippen molar-refractivity contribution in [2.24, 2.45) is 0 Å². The molecule has 0 aliphatic carbocycles. The van der Waals surface area contributed by atoms with E-state index in [2.05, 4.69) is 43.5 Å². The lowest BCUT2D eigenvalue weighted by Crippen LogP contribution is -2.02. The number of hydrogen-bond acceptors (Lipinski definition) is 2. The van der Waals surface area contributed by atoms with Crippen molar-refractivity contribution in [1.29, 1.82) is 0 Å². The van der Waals surface area contributed by atoms with Crippen LogP contribution in [0.2, 0.25) is 5.02 Å². The molecular weight excluding hydrogens is 440 g/mol. The highest BCUT2D eigenvalue weighted by Crippen LogP contribution is 2.29. The number of hydrogen-bond donors (Lipinski definition) is 1. The van der Waals surface area contributed by atoms with Gasteiger partial charge in [-0.15, -0.1) is 0 Å². The number of nitrogen functional groups attached to an aromatic ring is 1. The Morgan fingerprint density at radius 2 is 2.00 bits per heavy atom. The summed E-state index contributed by atoms with van der Waals surface area (Å²) in [5.41, 5.74) is 8.85. The maximum Gasteiger partial charge on any atom is 0.205 e. The van der Waals surface area contributed by atoms with E-state index in [0.29, 0.717) is 11.0 Å². The van der Waals surface area contributed by atoms with Crippen molar-refractivity contribution in [1.82, 2.24) is 9.55 Å². The molecule has 0 amide bonds. The molecule has 3 aromatic rings. The summed E-state index contributed by atoms with van der Waals surface area (Å²) >= 11 is 11.7. The molecule has 1 heterocycles. The molecule has 1 aromatic heterocycles. The lowest BCUT2D eigenvalue weighted by Gasteiger charge is -2.09. The predicted octanol–water partition coefficient (Wildman–Crippen LogP) is 4.63. The van der Waals surface area contributed by atoms with Crippen molar-refractivity contribution in [3.63, 3.8) is 0 Å². The fraction of sp³-hybridized carbons (Fsp3) is 0. The lowest BCUT2D eigenvalue weighted by molar-refractivity contribution is 1.10. The highest BCUT2D eigenvalue weighted by Gasteiger charge is 2.12. The summed E-state index contributed by atoms with van der Waals surface area (Å²) < 4.78 is 3.94. The molecule has 0 aliphatic heterocycles. The Morgan fingerprint density at radius 3 is 2.74 bits per heavy atom. The number of halogens is 3. The summed E-state index contributed by atoms with van der Waals surface area (Å²) in [5, 5.41) is 0.707. The first-order chi connectivity index (χ1) is 9.06. The molecule has 0 unspecified atom stereocenters. The van der Waals surface area contributed by atoms with Gasteiger partial charge in [0, 0.05) is 13.1 Å². The Balaban J connectivity index is 2.33. The third-order valence-corrected chi connectivity index (χ3v) is 4.39. The molecule has 96 valence electrons. The average molecular weight is 448 g/mol. The largest absolute Gasteiger partial charge is 0.369 e. The van der Waals surface area contributed by atoms with Gasteiger partial charge >= 0.3 is 0 Å². The maximum atomic E-state index is 6.04. The van der Waals surface area contributed by atoms with E-state index in [1.165, 1.54) is 0 Å². The van der Waals surface area contributed by atoms with Crippen LogP contribution in [0, 0.1) is 3.57 Å². The Kier molecular flexibility index (Phi) is 3.44. The van der Waals surface area contributed by atoms with Gasteiger partial charge in [-0.25, -0.2) is 4.98 Å². The molecule has 0 bridgehead atoms. The summed E-state index contributed by atoms with van der Waals surface area (Å²) in [4.78, 5) is 4.39. The lowest BCUT2D eigenvalue weighted by atomic mass is 10.3. The Labute approximate surface area is 137 Å². The zero-order valence-electron chi connectivity index (χ0n) is 9.57. The number of anilines is 1. The quantitative estimate of drug-likeness (QED) is 0.552. The topological polar surface area (TPSA) is 43.8 Å². The standard InChI is InChI=1S/C13H8BrClIN3/c14-7-1-3-12-10(5-7)18-13(17)19(12)11-4-2-8(15)6-9(11)16/h1-6H,(H2,17,18). The fourth-order valence-electron chi connectivity index (χ4n) is 1.99. The minimum absolute atomic E-state index is 0.466. The molecule has 2 aromatic carbocycles. The number of benzene rings is 2. The highest BCUT2D eigenvalue weighted by atomic mass is 127. The Morgan fingerprint density at radius 1 is 1.21 bits per heavy atom. The molecule has 0 fully saturated rings. The molecule has 3 nitrogen and oxygen atoms in total. The van der Waals surface area contributed by atoms with Crippen molar-refractivity contribution in [3.05, 3.63) is 49.5 Å². The van der Waals surface area contributed by atoms with Crippen LogP contribution < -0.4 is 5.73 Å². The summed E-state index contributed by atoms with van der Waals surface area (Å²) in [6, 6.07) is 11.6. The van der Waals surface area contributed by atoms with E-state index in [1.54, 1.807) is 0 Å². The first-order valence-electron chi connectivity index (χ1n) is 5.45. The van der Waals surface area contributed by atoms with Gasteiger partial charge < -0.3 is 5.73 Å². The van der Waals surface area contributed by atoms with E-state index in [-0.39, 0.29) is 0 Å². The molecule has 0 radical (unpaired) electrons. The van der Waals surface area contributed by atoms with Crippen molar-refractivity contribution < 1.29 is 0 Å². The molecule has 0 saturated heterocycles. The minimum atomic E-state index is 0.466. The Bertz CT molecular complexity index is 785. The summed E-state index contributed by atoms with van der Waals surface area (Å²) in [7, 11) is 0. The van der Waals surface area contributed by atoms with Gasteiger partial charge in [0.05, 0.1) is 16.7 Å². The normalized spacial score (nSPS) is 11.1. The number of nitrogens with zero attached hydrogens (tertiary/aromatic N) is 2. The molecule has 19 heavy (non-hydrogen) atoms. The summed E-state index contributed by atoms with van der Waals surface area (Å²) in [6.07, 6.45) is 0. The van der Waals surface area contributed by atoms with Gasteiger partial charge in [0.1, 0.15) is 0 Å². The number of imidazole rings is 1. The van der Waals surface area contributed by atoms with Gasteiger partial charge in [-0.3, -0.25) is 4.57 Å². The third-order valence-electron chi connectivity index (χ3n) is 2.79. The number of fused-ring (bicyclic) bond motifs is 1. The van der Waals surface area contributed by atoms with E-state index in [0.717, 1.165) is 24.8 Å². The van der Waals surface area contributed by atoms with Crippen molar-refractivity contribution >= 4 is 67.1 Å². The van der Waals surface area contributed by atoms with E-state index in [9.17, 15) is 0 Å². The van der Waals surface area contributed by atoms with Crippen molar-refractivity contribution in [2.75, 3.05) is 5.73 Å². The molecule has 2 N–H and O–H groups in total. The number of aromatic nitrogens is 2. The van der Waals surface area contributed by atoms with Crippen LogP contribution in [0.15, 0.2) is 40.9 Å². The number of nitrogens with two attached hydrogens (primary N) is 1. The van der Waals surface area contributed by atoms with E-state index >= 15 is 0 Å². The van der Waals surface area contributed by atoms with E-state index in [1.807, 2.05) is 41.0 Å². The molecule has 0 aliphatic rings. The fourth-order valence-corrected chi connectivity index (χ4v) is 3.45. The maximum absolute atomic E-state index is 6.04. The molecular formula is C13H8BrClIN3. The first-order valence-corrected chi connectivity index (χ1v) is 7.70. The van der Waals surface area contributed by atoms with Crippen LogP contribution in [0.4, 0.5) is 5.95 Å². The molecule has 3 rings (SSSR count). The van der Waals surface area contributed by atoms with Crippen LogP contribution in [0.1, 0.15) is 0 Å². The van der Waals surface area contributed by atoms with Crippen molar-refractivity contribution in [3.8, 4) is 5.69 Å². The molecule has 0 spiro atoms. The molecule has 0 saturated carbocycles. The number of rotatable bonds is 1. The van der Waals surface area contributed by atoms with Crippen LogP contribution in [0.5, 0.6) is 0 Å². The highest BCUT2D eigenvalue weighted by molar-refractivity contribution is 14.1.